The number of fused-ring (bicyclic) bond motifs is 15. The standard InChI is InChI=1S/C69H46N10O4/c1-37-33-39-15-30-52-49-9-3-6-12-55(49)70-61(52)58(39)64(67(37)81)76-73-43-18-24-46(25-19-43)79(47-26-20-44(21-27-47)74-77-65-59-40(34-38(2)68(65)82)16-31-53-50-10-4-7-13-56(50)71-62(53)59)48-28-22-45(23-29-48)75-78-66-60-41(35-42(36-80)69(66)83)17-32-54-51-11-5-8-14-57(51)72-63(54)60/h3-36,70-72,81-83H,1-2H3. The van der Waals surface area contributed by atoms with Gasteiger partial charge in [0.2, 0.25) is 0 Å². The number of aromatic hydroxyl groups is 3. The Balaban J connectivity index is 0.799. The number of aromatic amines is 3. The van der Waals surface area contributed by atoms with Crippen LogP contribution in [0.15, 0.2) is 231 Å². The van der Waals surface area contributed by atoms with Gasteiger partial charge in [0.05, 0.1) is 39.2 Å². The van der Waals surface area contributed by atoms with E-state index in [2.05, 4.69) is 66.5 Å². The van der Waals surface area contributed by atoms with Gasteiger partial charge < -0.3 is 35.2 Å². The maximum Gasteiger partial charge on any atom is 0.154 e. The number of benzene rings is 12. The summed E-state index contributed by atoms with van der Waals surface area (Å²) in [5.41, 5.74) is 11.8. The molecule has 83 heavy (non-hydrogen) atoms. The second kappa shape index (κ2) is 19.1. The van der Waals surface area contributed by atoms with Crippen LogP contribution >= 0.6 is 0 Å². The van der Waals surface area contributed by atoms with Gasteiger partial charge in [-0.1, -0.05) is 91.0 Å². The summed E-state index contributed by atoms with van der Waals surface area (Å²) < 4.78 is 0. The molecule has 0 radical (unpaired) electrons. The van der Waals surface area contributed by atoms with Crippen molar-refractivity contribution in [2.75, 3.05) is 4.90 Å². The Labute approximate surface area is 471 Å². The van der Waals surface area contributed by atoms with Crippen LogP contribution < -0.4 is 4.90 Å². The molecule has 0 bridgehead atoms. The number of aromatic nitrogens is 3. The first-order valence-electron chi connectivity index (χ1n) is 27.0. The van der Waals surface area contributed by atoms with Crippen LogP contribution in [0.5, 0.6) is 17.2 Å². The van der Waals surface area contributed by atoms with E-state index in [1.807, 2.05) is 172 Å². The molecule has 0 saturated carbocycles. The van der Waals surface area contributed by atoms with E-state index >= 15 is 0 Å². The van der Waals surface area contributed by atoms with Crippen molar-refractivity contribution < 1.29 is 20.1 Å². The Morgan fingerprint density at radius 3 is 1.04 bits per heavy atom. The van der Waals surface area contributed by atoms with Gasteiger partial charge in [-0.2, -0.15) is 15.3 Å². The molecule has 0 amide bonds. The van der Waals surface area contributed by atoms with Crippen LogP contribution in [0.1, 0.15) is 21.5 Å². The fourth-order valence-electron chi connectivity index (χ4n) is 11.8. The number of para-hydroxylation sites is 3. The van der Waals surface area contributed by atoms with Crippen LogP contribution in [0.3, 0.4) is 0 Å². The minimum Gasteiger partial charge on any atom is -0.505 e. The van der Waals surface area contributed by atoms with Gasteiger partial charge in [-0.3, -0.25) is 4.79 Å². The predicted molar refractivity (Wildman–Crippen MR) is 333 cm³/mol. The number of aryl methyl sites for hydroxylation is 2. The van der Waals surface area contributed by atoms with Gasteiger partial charge in [0.25, 0.3) is 0 Å². The van der Waals surface area contributed by atoms with Crippen LogP contribution in [-0.2, 0) is 0 Å². The summed E-state index contributed by atoms with van der Waals surface area (Å²) in [5.74, 6) is -0.145. The molecule has 0 aliphatic rings. The average Bonchev–Trinajstić information content (AvgIpc) is 4.43. The number of azo groups is 3. The van der Waals surface area contributed by atoms with Crippen molar-refractivity contribution in [3.05, 3.63) is 217 Å². The second-order valence-electron chi connectivity index (χ2n) is 20.8. The first-order valence-corrected chi connectivity index (χ1v) is 27.0. The maximum absolute atomic E-state index is 12.2. The van der Waals surface area contributed by atoms with E-state index in [-0.39, 0.29) is 28.5 Å². The largest absolute Gasteiger partial charge is 0.505 e. The van der Waals surface area contributed by atoms with Gasteiger partial charge in [-0.05, 0) is 150 Å². The van der Waals surface area contributed by atoms with Crippen molar-refractivity contribution in [1.82, 2.24) is 15.0 Å². The number of phenolic OH excluding ortho intramolecular Hbond substituents is 3. The third-order valence-corrected chi connectivity index (χ3v) is 15.8. The average molecular weight is 1080 g/mol. The third-order valence-electron chi connectivity index (χ3n) is 15.8. The molecule has 3 aromatic heterocycles. The smallest absolute Gasteiger partial charge is 0.154 e. The van der Waals surface area contributed by atoms with E-state index in [1.165, 1.54) is 0 Å². The number of nitrogens with zero attached hydrogens (tertiary/aromatic N) is 7. The highest BCUT2D eigenvalue weighted by Crippen LogP contribution is 2.48. The number of H-pyrrole nitrogens is 3. The zero-order chi connectivity index (χ0) is 56.0. The number of anilines is 3. The zero-order valence-electron chi connectivity index (χ0n) is 44.5. The number of aldehydes is 1. The van der Waals surface area contributed by atoms with Crippen molar-refractivity contribution >= 4 is 155 Å². The molecule has 0 saturated heterocycles. The Hall–Kier alpha value is -11.5. The lowest BCUT2D eigenvalue weighted by atomic mass is 10.0. The molecule has 14 heteroatoms. The fourth-order valence-corrected chi connectivity index (χ4v) is 11.8. The van der Waals surface area contributed by atoms with Gasteiger partial charge in [0, 0.05) is 82.1 Å². The molecule has 12 aromatic carbocycles. The Morgan fingerprint density at radius 1 is 0.361 bits per heavy atom. The molecule has 6 N–H and O–H groups in total. The number of hydrogen-bond acceptors (Lipinski definition) is 11. The van der Waals surface area contributed by atoms with Crippen LogP contribution in [-0.4, -0.2) is 36.6 Å². The van der Waals surface area contributed by atoms with Crippen LogP contribution in [0.25, 0.3) is 97.7 Å². The van der Waals surface area contributed by atoms with Crippen LogP contribution in [0.2, 0.25) is 0 Å². The lowest BCUT2D eigenvalue weighted by Gasteiger charge is -2.25. The van der Waals surface area contributed by atoms with Gasteiger partial charge in [-0.15, -0.1) is 15.3 Å². The summed E-state index contributed by atoms with van der Waals surface area (Å²) in [6.07, 6.45) is 0.620. The molecule has 396 valence electrons. The second-order valence-corrected chi connectivity index (χ2v) is 20.8. The maximum atomic E-state index is 12.2. The lowest BCUT2D eigenvalue weighted by molar-refractivity contribution is 0.112. The molecule has 0 aliphatic heterocycles. The Bertz CT molecular complexity index is 5070. The van der Waals surface area contributed by atoms with Crippen LogP contribution in [0.4, 0.5) is 51.2 Å². The normalized spacial score (nSPS) is 12.3. The SMILES string of the molecule is Cc1cc2ccc3c4ccccc4[nH]c3c2c(N=Nc2ccc(N(c3ccc(N=Nc4c(O)c(C)cc5ccc6c7ccccc7[nH]c6c45)cc3)c3ccc(N=Nc4c(O)c(C=O)cc5ccc6c7ccccc7[nH]c6c45)cc3)cc2)c1O. The number of hydrogen-bond donors (Lipinski definition) is 6. The van der Waals surface area contributed by atoms with Gasteiger partial charge >= 0.3 is 0 Å². The molecule has 0 aliphatic carbocycles. The molecule has 0 unspecified atom stereocenters. The molecule has 15 rings (SSSR count). The minimum atomic E-state index is -0.262. The number of carbonyl (C=O) groups excluding carboxylic acids is 1. The number of nitrogens with one attached hydrogen (secondary N) is 3. The minimum absolute atomic E-state index is 0.0582. The van der Waals surface area contributed by atoms with E-state index in [1.54, 1.807) is 6.07 Å². The molecule has 15 aromatic rings. The van der Waals surface area contributed by atoms with Crippen molar-refractivity contribution in [2.45, 2.75) is 13.8 Å². The quantitative estimate of drug-likeness (QED) is 0.0583. The fraction of sp³-hybridized carbons (Fsp3) is 0.0290. The number of carbonyl (C=O) groups is 1. The van der Waals surface area contributed by atoms with Gasteiger partial charge in [0.15, 0.2) is 12.0 Å². The summed E-state index contributed by atoms with van der Waals surface area (Å²) in [5, 5.41) is 73.7. The molecular weight excluding hydrogens is 1030 g/mol. The topological polar surface area (TPSA) is 203 Å². The van der Waals surface area contributed by atoms with Crippen molar-refractivity contribution in [3.63, 3.8) is 0 Å². The lowest BCUT2D eigenvalue weighted by Crippen LogP contribution is -2.09. The van der Waals surface area contributed by atoms with E-state index in [9.17, 15) is 20.1 Å². The van der Waals surface area contributed by atoms with Crippen LogP contribution in [0, 0.1) is 13.8 Å². The predicted octanol–water partition coefficient (Wildman–Crippen LogP) is 20.3. The molecule has 0 spiro atoms. The highest BCUT2D eigenvalue weighted by atomic mass is 16.3. The molecule has 3 heterocycles. The summed E-state index contributed by atoms with van der Waals surface area (Å²) in [6.45, 7) is 3.72. The Kier molecular flexibility index (Phi) is 11.2. The first kappa shape index (κ1) is 48.6. The molecule has 0 fully saturated rings. The summed E-state index contributed by atoms with van der Waals surface area (Å²) in [4.78, 5) is 24.9. The highest BCUT2D eigenvalue weighted by Gasteiger charge is 2.21. The summed E-state index contributed by atoms with van der Waals surface area (Å²) in [6, 6.07) is 64.9. The molecule has 0 atom stereocenters. The zero-order valence-corrected chi connectivity index (χ0v) is 44.5. The summed E-state index contributed by atoms with van der Waals surface area (Å²) >= 11 is 0. The number of rotatable bonds is 10. The van der Waals surface area contributed by atoms with Gasteiger partial charge in [-0.25, -0.2) is 0 Å². The molecule has 14 nitrogen and oxygen atoms in total. The van der Waals surface area contributed by atoms with E-state index < -0.39 is 0 Å². The highest BCUT2D eigenvalue weighted by molar-refractivity contribution is 6.23. The third kappa shape index (κ3) is 7.99. The van der Waals surface area contributed by atoms with E-state index in [0.29, 0.717) is 51.2 Å². The van der Waals surface area contributed by atoms with Crippen molar-refractivity contribution in [3.8, 4) is 17.2 Å². The molecular formula is C69H46N10O4. The van der Waals surface area contributed by atoms with Crippen molar-refractivity contribution in [2.24, 2.45) is 30.7 Å². The van der Waals surface area contributed by atoms with Crippen molar-refractivity contribution in [1.29, 1.82) is 0 Å². The number of phenols is 3. The van der Waals surface area contributed by atoms with E-state index in [4.69, 9.17) is 20.5 Å². The van der Waals surface area contributed by atoms with Gasteiger partial charge in [0.1, 0.15) is 28.6 Å². The monoisotopic (exact) mass is 1080 g/mol. The first-order chi connectivity index (χ1) is 40.6. The Morgan fingerprint density at radius 2 is 0.687 bits per heavy atom. The summed E-state index contributed by atoms with van der Waals surface area (Å²) in [7, 11) is 0. The van der Waals surface area contributed by atoms with E-state index in [0.717, 1.165) is 109 Å².